The van der Waals surface area contributed by atoms with E-state index in [1.807, 2.05) is 0 Å². The fraction of sp³-hybridized carbons (Fsp3) is 0.0714. The Morgan fingerprint density at radius 2 is 1.89 bits per heavy atom. The lowest BCUT2D eigenvalue weighted by molar-refractivity contribution is 0.0472. The predicted octanol–water partition coefficient (Wildman–Crippen LogP) is 2.90. The average molecular weight is 263 g/mol. The zero-order valence-corrected chi connectivity index (χ0v) is 9.90. The van der Waals surface area contributed by atoms with Gasteiger partial charge in [0.05, 0.1) is 5.56 Å². The molecule has 0 unspecified atom stereocenters. The van der Waals surface area contributed by atoms with Crippen LogP contribution in [0.2, 0.25) is 0 Å². The van der Waals surface area contributed by atoms with Gasteiger partial charge in [0, 0.05) is 5.69 Å². The van der Waals surface area contributed by atoms with Crippen molar-refractivity contribution < 1.29 is 18.3 Å². The van der Waals surface area contributed by atoms with Gasteiger partial charge in [-0.2, -0.15) is 0 Å². The maximum atomic E-state index is 12.9. The summed E-state index contributed by atoms with van der Waals surface area (Å²) in [6, 6.07) is 9.64. The first-order valence-electron chi connectivity index (χ1n) is 5.53. The Bertz CT molecular complexity index is 614. The minimum atomic E-state index is -0.975. The largest absolute Gasteiger partial charge is 0.457 e. The monoisotopic (exact) mass is 263 g/mol. The molecule has 0 heterocycles. The first kappa shape index (κ1) is 13.0. The lowest BCUT2D eigenvalue weighted by Crippen LogP contribution is -2.06. The van der Waals surface area contributed by atoms with Gasteiger partial charge in [-0.3, -0.25) is 0 Å². The van der Waals surface area contributed by atoms with E-state index >= 15 is 0 Å². The molecule has 2 rings (SSSR count). The number of hydrogen-bond donors (Lipinski definition) is 1. The van der Waals surface area contributed by atoms with Crippen molar-refractivity contribution in [3.05, 3.63) is 65.2 Å². The van der Waals surface area contributed by atoms with Gasteiger partial charge >= 0.3 is 5.97 Å². The van der Waals surface area contributed by atoms with E-state index in [4.69, 9.17) is 10.5 Å². The van der Waals surface area contributed by atoms with Crippen LogP contribution in [0.3, 0.4) is 0 Å². The number of hydrogen-bond acceptors (Lipinski definition) is 3. The third-order valence-electron chi connectivity index (χ3n) is 2.48. The Kier molecular flexibility index (Phi) is 3.75. The lowest BCUT2D eigenvalue weighted by Gasteiger charge is -2.06. The van der Waals surface area contributed by atoms with Crippen LogP contribution in [0.25, 0.3) is 0 Å². The smallest absolute Gasteiger partial charge is 0.338 e. The first-order chi connectivity index (χ1) is 9.06. The highest BCUT2D eigenvalue weighted by molar-refractivity contribution is 5.90. The summed E-state index contributed by atoms with van der Waals surface area (Å²) >= 11 is 0. The Morgan fingerprint density at radius 3 is 2.58 bits per heavy atom. The maximum absolute atomic E-state index is 12.9. The summed E-state index contributed by atoms with van der Waals surface area (Å²) in [6.07, 6.45) is 0. The number of halogens is 2. The molecule has 0 amide bonds. The topological polar surface area (TPSA) is 52.3 Å². The van der Waals surface area contributed by atoms with Crippen molar-refractivity contribution in [2.45, 2.75) is 6.61 Å². The predicted molar refractivity (Wildman–Crippen MR) is 66.3 cm³/mol. The molecule has 0 radical (unpaired) electrons. The van der Waals surface area contributed by atoms with E-state index in [-0.39, 0.29) is 6.61 Å². The molecule has 19 heavy (non-hydrogen) atoms. The summed E-state index contributed by atoms with van der Waals surface area (Å²) in [5.74, 6) is -2.49. The van der Waals surface area contributed by atoms with Gasteiger partial charge in [-0.05, 0) is 35.9 Å². The number of anilines is 1. The molecule has 2 N–H and O–H groups in total. The number of nitrogen functional groups attached to an aromatic ring is 1. The minimum absolute atomic E-state index is 0.134. The molecular weight excluding hydrogens is 252 g/mol. The summed E-state index contributed by atoms with van der Waals surface area (Å²) in [7, 11) is 0. The second-order valence-corrected chi connectivity index (χ2v) is 3.95. The third-order valence-corrected chi connectivity index (χ3v) is 2.48. The molecule has 0 aromatic heterocycles. The van der Waals surface area contributed by atoms with Gasteiger partial charge in [0.1, 0.15) is 6.61 Å². The van der Waals surface area contributed by atoms with Crippen molar-refractivity contribution in [3.8, 4) is 0 Å². The molecular formula is C14H11F2NO2. The van der Waals surface area contributed by atoms with Crippen molar-refractivity contribution in [2.75, 3.05) is 5.73 Å². The number of carbonyl (C=O) groups excluding carboxylic acids is 1. The van der Waals surface area contributed by atoms with Crippen LogP contribution < -0.4 is 5.73 Å². The normalized spacial score (nSPS) is 10.2. The fourth-order valence-corrected chi connectivity index (χ4v) is 1.53. The summed E-state index contributed by atoms with van der Waals surface area (Å²) in [5.41, 5.74) is 6.67. The molecule has 0 bridgehead atoms. The zero-order valence-electron chi connectivity index (χ0n) is 9.90. The average Bonchev–Trinajstić information content (AvgIpc) is 2.40. The number of esters is 1. The van der Waals surface area contributed by atoms with Crippen LogP contribution >= 0.6 is 0 Å². The van der Waals surface area contributed by atoms with Crippen LogP contribution in [-0.2, 0) is 11.3 Å². The van der Waals surface area contributed by atoms with E-state index in [9.17, 15) is 13.6 Å². The molecule has 5 heteroatoms. The van der Waals surface area contributed by atoms with Crippen LogP contribution in [-0.4, -0.2) is 5.97 Å². The number of ether oxygens (including phenoxy) is 1. The summed E-state index contributed by atoms with van der Waals surface area (Å²) < 4.78 is 30.6. The molecule has 0 aliphatic carbocycles. The van der Waals surface area contributed by atoms with Crippen molar-refractivity contribution in [1.29, 1.82) is 0 Å². The van der Waals surface area contributed by atoms with Crippen LogP contribution in [0.5, 0.6) is 0 Å². The van der Waals surface area contributed by atoms with E-state index in [2.05, 4.69) is 0 Å². The lowest BCUT2D eigenvalue weighted by atomic mass is 10.2. The second kappa shape index (κ2) is 5.48. The van der Waals surface area contributed by atoms with E-state index in [0.717, 1.165) is 12.1 Å². The van der Waals surface area contributed by atoms with Gasteiger partial charge in [0.25, 0.3) is 0 Å². The van der Waals surface area contributed by atoms with Gasteiger partial charge in [-0.25, -0.2) is 13.6 Å². The molecule has 0 aliphatic heterocycles. The van der Waals surface area contributed by atoms with Gasteiger partial charge in [0.15, 0.2) is 11.6 Å². The molecule has 0 fully saturated rings. The molecule has 98 valence electrons. The molecule has 2 aromatic carbocycles. The highest BCUT2D eigenvalue weighted by Gasteiger charge is 2.08. The van der Waals surface area contributed by atoms with Crippen molar-refractivity contribution in [3.63, 3.8) is 0 Å². The Labute approximate surface area is 108 Å². The number of nitrogens with two attached hydrogens (primary N) is 1. The number of carbonyl (C=O) groups is 1. The van der Waals surface area contributed by atoms with Crippen LogP contribution in [0.1, 0.15) is 15.9 Å². The molecule has 0 atom stereocenters. The minimum Gasteiger partial charge on any atom is -0.457 e. The standard InChI is InChI=1S/C14H11F2NO2/c15-12-5-4-9(6-13(12)16)8-19-14(18)10-2-1-3-11(17)7-10/h1-7H,8,17H2. The number of rotatable bonds is 3. The fourth-order valence-electron chi connectivity index (χ4n) is 1.53. The molecule has 0 spiro atoms. The highest BCUT2D eigenvalue weighted by Crippen LogP contribution is 2.12. The summed E-state index contributed by atoms with van der Waals surface area (Å²) in [6.45, 7) is -0.134. The molecule has 2 aromatic rings. The Morgan fingerprint density at radius 1 is 1.11 bits per heavy atom. The van der Waals surface area contributed by atoms with Gasteiger partial charge < -0.3 is 10.5 Å². The zero-order chi connectivity index (χ0) is 13.8. The number of benzene rings is 2. The Hall–Kier alpha value is -2.43. The Balaban J connectivity index is 2.02. The van der Waals surface area contributed by atoms with E-state index in [0.29, 0.717) is 16.8 Å². The van der Waals surface area contributed by atoms with E-state index in [1.165, 1.54) is 12.1 Å². The van der Waals surface area contributed by atoms with Crippen molar-refractivity contribution in [1.82, 2.24) is 0 Å². The van der Waals surface area contributed by atoms with E-state index < -0.39 is 17.6 Å². The van der Waals surface area contributed by atoms with Crippen LogP contribution in [0.4, 0.5) is 14.5 Å². The van der Waals surface area contributed by atoms with Crippen LogP contribution in [0.15, 0.2) is 42.5 Å². The quantitative estimate of drug-likeness (QED) is 0.684. The molecule has 0 aliphatic rings. The van der Waals surface area contributed by atoms with Crippen molar-refractivity contribution in [2.24, 2.45) is 0 Å². The van der Waals surface area contributed by atoms with Crippen molar-refractivity contribution >= 4 is 11.7 Å². The van der Waals surface area contributed by atoms with E-state index in [1.54, 1.807) is 18.2 Å². The molecule has 3 nitrogen and oxygen atoms in total. The first-order valence-corrected chi connectivity index (χ1v) is 5.53. The summed E-state index contributed by atoms with van der Waals surface area (Å²) in [4.78, 5) is 11.7. The van der Waals surface area contributed by atoms with Crippen LogP contribution in [0, 0.1) is 11.6 Å². The summed E-state index contributed by atoms with van der Waals surface area (Å²) in [5, 5.41) is 0. The highest BCUT2D eigenvalue weighted by atomic mass is 19.2. The van der Waals surface area contributed by atoms with Gasteiger partial charge in [0.2, 0.25) is 0 Å². The second-order valence-electron chi connectivity index (χ2n) is 3.95. The maximum Gasteiger partial charge on any atom is 0.338 e. The van der Waals surface area contributed by atoms with Gasteiger partial charge in [-0.15, -0.1) is 0 Å². The molecule has 0 saturated heterocycles. The SMILES string of the molecule is Nc1cccc(C(=O)OCc2ccc(F)c(F)c2)c1. The molecule has 0 saturated carbocycles. The third kappa shape index (κ3) is 3.28. The van der Waals surface area contributed by atoms with Gasteiger partial charge in [-0.1, -0.05) is 12.1 Å².